The Hall–Kier alpha value is -2.10. The molecule has 0 bridgehead atoms. The molecule has 0 aliphatic carbocycles. The van der Waals surface area contributed by atoms with E-state index in [2.05, 4.69) is 38.3 Å². The summed E-state index contributed by atoms with van der Waals surface area (Å²) in [4.78, 5) is 14.8. The van der Waals surface area contributed by atoms with Crippen molar-refractivity contribution in [3.8, 4) is 0 Å². The van der Waals surface area contributed by atoms with Crippen LogP contribution < -0.4 is 0 Å². The zero-order valence-electron chi connectivity index (χ0n) is 17.2. The molecule has 0 unspecified atom stereocenters. The molecule has 148 valence electrons. The monoisotopic (exact) mass is 372 g/mol. The number of carbonyl (C=O) groups is 1. The molecule has 0 spiro atoms. The molecule has 0 saturated heterocycles. The van der Waals surface area contributed by atoms with Crippen molar-refractivity contribution in [3.63, 3.8) is 0 Å². The van der Waals surface area contributed by atoms with E-state index >= 15 is 0 Å². The summed E-state index contributed by atoms with van der Waals surface area (Å²) >= 11 is 0. The lowest BCUT2D eigenvalue weighted by atomic mass is 9.91. The molecule has 2 rings (SSSR count). The van der Waals surface area contributed by atoms with Crippen molar-refractivity contribution in [1.82, 2.24) is 9.47 Å². The van der Waals surface area contributed by atoms with Crippen molar-refractivity contribution in [2.45, 2.75) is 66.5 Å². The third-order valence-corrected chi connectivity index (χ3v) is 4.58. The molecule has 0 radical (unpaired) electrons. The molecule has 0 fully saturated rings. The Kier molecular flexibility index (Phi) is 7.64. The predicted octanol–water partition coefficient (Wildman–Crippen LogP) is 5.63. The average Bonchev–Trinajstić information content (AvgIpc) is 2.99. The van der Waals surface area contributed by atoms with Crippen LogP contribution in [-0.2, 0) is 17.9 Å². The van der Waals surface area contributed by atoms with Crippen LogP contribution in [-0.4, -0.2) is 21.9 Å². The van der Waals surface area contributed by atoms with E-state index in [4.69, 9.17) is 0 Å². The number of unbranched alkanes of at least 4 members (excludes halogenated alkanes) is 2. The number of hydrogen-bond acceptors (Lipinski definition) is 1. The summed E-state index contributed by atoms with van der Waals surface area (Å²) in [5.41, 5.74) is 1.98. The van der Waals surface area contributed by atoms with E-state index in [9.17, 15) is 9.18 Å². The normalized spacial score (nSPS) is 11.6. The number of nitrogens with zero attached hydrogens (tertiary/aromatic N) is 2. The number of aromatic nitrogens is 1. The van der Waals surface area contributed by atoms with Crippen LogP contribution in [0.25, 0.3) is 0 Å². The van der Waals surface area contributed by atoms with E-state index in [0.29, 0.717) is 19.5 Å². The minimum absolute atomic E-state index is 0.0242. The van der Waals surface area contributed by atoms with Crippen LogP contribution in [0, 0.1) is 11.2 Å². The van der Waals surface area contributed by atoms with Gasteiger partial charge in [0.05, 0.1) is 6.54 Å². The number of hydrogen-bond donors (Lipinski definition) is 0. The third kappa shape index (κ3) is 7.20. The minimum atomic E-state index is -0.220. The first-order valence-electron chi connectivity index (χ1n) is 9.95. The SMILES string of the molecule is CCCCCN(Cc1cccn1Cc1cccc(F)c1)C(=O)CC(C)(C)C. The number of carbonyl (C=O) groups excluding carboxylic acids is 1. The molecule has 2 aromatic rings. The van der Waals surface area contributed by atoms with E-state index in [1.165, 1.54) is 6.07 Å². The van der Waals surface area contributed by atoms with Crippen LogP contribution in [0.2, 0.25) is 0 Å². The van der Waals surface area contributed by atoms with Crippen molar-refractivity contribution < 1.29 is 9.18 Å². The average molecular weight is 373 g/mol. The molecule has 0 aliphatic rings. The van der Waals surface area contributed by atoms with Crippen LogP contribution >= 0.6 is 0 Å². The van der Waals surface area contributed by atoms with Crippen LogP contribution in [0.1, 0.15) is 64.6 Å². The molecule has 0 atom stereocenters. The molecule has 1 amide bonds. The van der Waals surface area contributed by atoms with Gasteiger partial charge in [0.1, 0.15) is 5.82 Å². The third-order valence-electron chi connectivity index (χ3n) is 4.58. The van der Waals surface area contributed by atoms with Gasteiger partial charge in [0, 0.05) is 31.4 Å². The number of benzene rings is 1. The van der Waals surface area contributed by atoms with Gasteiger partial charge in [-0.1, -0.05) is 52.7 Å². The maximum Gasteiger partial charge on any atom is 0.223 e. The van der Waals surface area contributed by atoms with Crippen molar-refractivity contribution >= 4 is 5.91 Å². The fraction of sp³-hybridized carbons (Fsp3) is 0.522. The molecular weight excluding hydrogens is 339 g/mol. The quantitative estimate of drug-likeness (QED) is 0.524. The first-order valence-corrected chi connectivity index (χ1v) is 9.95. The maximum atomic E-state index is 13.5. The van der Waals surface area contributed by atoms with Gasteiger partial charge in [0.15, 0.2) is 0 Å². The van der Waals surface area contributed by atoms with Gasteiger partial charge in [-0.15, -0.1) is 0 Å². The topological polar surface area (TPSA) is 25.2 Å². The van der Waals surface area contributed by atoms with Gasteiger partial charge in [-0.05, 0) is 41.7 Å². The highest BCUT2D eigenvalue weighted by Gasteiger charge is 2.22. The Morgan fingerprint density at radius 2 is 1.93 bits per heavy atom. The van der Waals surface area contributed by atoms with E-state index in [1.807, 2.05) is 23.2 Å². The highest BCUT2D eigenvalue weighted by Crippen LogP contribution is 2.21. The van der Waals surface area contributed by atoms with E-state index in [-0.39, 0.29) is 17.1 Å². The van der Waals surface area contributed by atoms with Crippen LogP contribution in [0.5, 0.6) is 0 Å². The maximum absolute atomic E-state index is 13.5. The van der Waals surface area contributed by atoms with Gasteiger partial charge in [-0.2, -0.15) is 0 Å². The highest BCUT2D eigenvalue weighted by molar-refractivity contribution is 5.76. The largest absolute Gasteiger partial charge is 0.345 e. The first kappa shape index (κ1) is 21.2. The summed E-state index contributed by atoms with van der Waals surface area (Å²) in [5, 5.41) is 0. The Balaban J connectivity index is 2.12. The smallest absolute Gasteiger partial charge is 0.223 e. The second kappa shape index (κ2) is 9.72. The molecule has 4 heteroatoms. The van der Waals surface area contributed by atoms with Crippen molar-refractivity contribution in [1.29, 1.82) is 0 Å². The lowest BCUT2D eigenvalue weighted by Crippen LogP contribution is -2.34. The fourth-order valence-electron chi connectivity index (χ4n) is 3.18. The minimum Gasteiger partial charge on any atom is -0.345 e. The summed E-state index contributed by atoms with van der Waals surface area (Å²) in [5.74, 6) is -0.0140. The zero-order chi connectivity index (χ0) is 19.9. The Morgan fingerprint density at radius 3 is 2.59 bits per heavy atom. The standard InChI is InChI=1S/C23H33FN2O/c1-5-6-7-13-26(22(27)16-23(2,3)4)18-21-12-9-14-25(21)17-19-10-8-11-20(24)15-19/h8-12,14-15H,5-7,13,16-18H2,1-4H3. The van der Waals surface area contributed by atoms with E-state index in [0.717, 1.165) is 37.1 Å². The molecule has 1 aromatic carbocycles. The zero-order valence-corrected chi connectivity index (χ0v) is 17.2. The molecule has 27 heavy (non-hydrogen) atoms. The molecule has 1 aromatic heterocycles. The Bertz CT molecular complexity index is 730. The van der Waals surface area contributed by atoms with Gasteiger partial charge >= 0.3 is 0 Å². The fourth-order valence-corrected chi connectivity index (χ4v) is 3.18. The van der Waals surface area contributed by atoms with Gasteiger partial charge < -0.3 is 9.47 Å². The van der Waals surface area contributed by atoms with Gasteiger partial charge in [-0.3, -0.25) is 4.79 Å². The van der Waals surface area contributed by atoms with Crippen LogP contribution in [0.3, 0.4) is 0 Å². The number of amides is 1. The second-order valence-electron chi connectivity index (χ2n) is 8.52. The van der Waals surface area contributed by atoms with Gasteiger partial charge in [0.2, 0.25) is 5.91 Å². The molecule has 3 nitrogen and oxygen atoms in total. The summed E-state index contributed by atoms with van der Waals surface area (Å²) in [6.45, 7) is 10.5. The molecular formula is C23H33FN2O. The van der Waals surface area contributed by atoms with E-state index in [1.54, 1.807) is 12.1 Å². The Labute approximate surface area is 163 Å². The summed E-state index contributed by atoms with van der Waals surface area (Å²) in [7, 11) is 0. The number of rotatable bonds is 9. The van der Waals surface area contributed by atoms with Crippen molar-refractivity contribution in [2.75, 3.05) is 6.54 Å². The van der Waals surface area contributed by atoms with Crippen molar-refractivity contribution in [3.05, 3.63) is 59.7 Å². The molecule has 1 heterocycles. The lowest BCUT2D eigenvalue weighted by Gasteiger charge is -2.27. The predicted molar refractivity (Wildman–Crippen MR) is 109 cm³/mol. The van der Waals surface area contributed by atoms with Gasteiger partial charge in [-0.25, -0.2) is 4.39 Å². The molecule has 0 saturated carbocycles. The molecule has 0 N–H and O–H groups in total. The van der Waals surface area contributed by atoms with E-state index < -0.39 is 0 Å². The highest BCUT2D eigenvalue weighted by atomic mass is 19.1. The van der Waals surface area contributed by atoms with Crippen LogP contribution in [0.4, 0.5) is 4.39 Å². The first-order chi connectivity index (χ1) is 12.8. The molecule has 0 aliphatic heterocycles. The van der Waals surface area contributed by atoms with Crippen LogP contribution in [0.15, 0.2) is 42.6 Å². The Morgan fingerprint density at radius 1 is 1.15 bits per heavy atom. The number of halogens is 1. The summed E-state index contributed by atoms with van der Waals surface area (Å²) < 4.78 is 15.6. The summed E-state index contributed by atoms with van der Waals surface area (Å²) in [6, 6.07) is 10.7. The second-order valence-corrected chi connectivity index (χ2v) is 8.52. The van der Waals surface area contributed by atoms with Crippen molar-refractivity contribution in [2.24, 2.45) is 5.41 Å². The summed E-state index contributed by atoms with van der Waals surface area (Å²) in [6.07, 6.45) is 5.83. The van der Waals surface area contributed by atoms with Gasteiger partial charge in [0.25, 0.3) is 0 Å². The lowest BCUT2D eigenvalue weighted by molar-refractivity contribution is -0.133.